The molecule has 1 aromatic heterocycles. The number of aliphatic hydroxyl groups is 1. The highest BCUT2D eigenvalue weighted by atomic mass is 16.5. The SMILES string of the molecule is COc1cccc(C(CN)C(O)c2occc2C)c1. The summed E-state index contributed by atoms with van der Waals surface area (Å²) >= 11 is 0. The fraction of sp³-hybridized carbons (Fsp3) is 0.333. The molecule has 1 aromatic carbocycles. The predicted molar refractivity (Wildman–Crippen MR) is 73.2 cm³/mol. The number of methoxy groups -OCH3 is 1. The van der Waals surface area contributed by atoms with Crippen molar-refractivity contribution in [2.24, 2.45) is 5.73 Å². The highest BCUT2D eigenvalue weighted by Crippen LogP contribution is 2.33. The molecule has 2 unspecified atom stereocenters. The molecule has 0 saturated heterocycles. The molecule has 4 heteroatoms. The Balaban J connectivity index is 2.31. The largest absolute Gasteiger partial charge is 0.497 e. The molecule has 19 heavy (non-hydrogen) atoms. The third kappa shape index (κ3) is 2.80. The van der Waals surface area contributed by atoms with E-state index in [9.17, 15) is 5.11 Å². The summed E-state index contributed by atoms with van der Waals surface area (Å²) in [5.41, 5.74) is 7.67. The average Bonchev–Trinajstić information content (AvgIpc) is 2.86. The molecule has 0 fully saturated rings. The van der Waals surface area contributed by atoms with Gasteiger partial charge >= 0.3 is 0 Å². The van der Waals surface area contributed by atoms with Crippen molar-refractivity contribution in [3.8, 4) is 5.75 Å². The van der Waals surface area contributed by atoms with Crippen molar-refractivity contribution in [3.63, 3.8) is 0 Å². The second-order valence-corrected chi connectivity index (χ2v) is 4.53. The lowest BCUT2D eigenvalue weighted by atomic mass is 9.91. The van der Waals surface area contributed by atoms with Gasteiger partial charge in [-0.15, -0.1) is 0 Å². The Morgan fingerprint density at radius 1 is 1.37 bits per heavy atom. The van der Waals surface area contributed by atoms with E-state index in [1.54, 1.807) is 13.4 Å². The number of benzene rings is 1. The van der Waals surface area contributed by atoms with Gasteiger partial charge in [-0.2, -0.15) is 0 Å². The Labute approximate surface area is 112 Å². The lowest BCUT2D eigenvalue weighted by molar-refractivity contribution is 0.121. The molecule has 4 nitrogen and oxygen atoms in total. The topological polar surface area (TPSA) is 68.6 Å². The zero-order valence-corrected chi connectivity index (χ0v) is 11.2. The van der Waals surface area contributed by atoms with E-state index in [4.69, 9.17) is 14.9 Å². The minimum atomic E-state index is -0.757. The van der Waals surface area contributed by atoms with Gasteiger partial charge in [0.25, 0.3) is 0 Å². The van der Waals surface area contributed by atoms with Gasteiger partial charge in [0.1, 0.15) is 17.6 Å². The van der Waals surface area contributed by atoms with Gasteiger partial charge in [-0.3, -0.25) is 0 Å². The van der Waals surface area contributed by atoms with Crippen LogP contribution in [0.4, 0.5) is 0 Å². The molecule has 3 N–H and O–H groups in total. The fourth-order valence-electron chi connectivity index (χ4n) is 2.19. The van der Waals surface area contributed by atoms with Crippen LogP contribution in [0.5, 0.6) is 5.75 Å². The molecule has 0 bridgehead atoms. The molecule has 0 spiro atoms. The van der Waals surface area contributed by atoms with Crippen molar-refractivity contribution in [1.29, 1.82) is 0 Å². The van der Waals surface area contributed by atoms with Gasteiger partial charge in [0, 0.05) is 12.5 Å². The first-order chi connectivity index (χ1) is 9.17. The van der Waals surface area contributed by atoms with Crippen molar-refractivity contribution in [2.75, 3.05) is 13.7 Å². The van der Waals surface area contributed by atoms with E-state index >= 15 is 0 Å². The van der Waals surface area contributed by atoms with E-state index in [1.807, 2.05) is 37.3 Å². The van der Waals surface area contributed by atoms with Gasteiger partial charge in [0.05, 0.1) is 13.4 Å². The van der Waals surface area contributed by atoms with Crippen LogP contribution in [-0.4, -0.2) is 18.8 Å². The molecule has 0 aliphatic heterocycles. The molecule has 0 aliphatic rings. The Bertz CT molecular complexity index is 536. The van der Waals surface area contributed by atoms with Crippen LogP contribution in [0.15, 0.2) is 41.0 Å². The van der Waals surface area contributed by atoms with Crippen LogP contribution in [0.1, 0.15) is 28.9 Å². The second kappa shape index (κ2) is 5.91. The maximum absolute atomic E-state index is 10.5. The van der Waals surface area contributed by atoms with Crippen LogP contribution in [0, 0.1) is 6.92 Å². The summed E-state index contributed by atoms with van der Waals surface area (Å²) in [7, 11) is 1.61. The monoisotopic (exact) mass is 261 g/mol. The number of hydrogen-bond donors (Lipinski definition) is 2. The fourth-order valence-corrected chi connectivity index (χ4v) is 2.19. The normalized spacial score (nSPS) is 14.1. The van der Waals surface area contributed by atoms with Crippen LogP contribution in [0.3, 0.4) is 0 Å². The molecule has 2 aromatic rings. The number of hydrogen-bond acceptors (Lipinski definition) is 4. The molecule has 2 atom stereocenters. The summed E-state index contributed by atoms with van der Waals surface area (Å²) in [6.07, 6.45) is 0.819. The molecule has 0 radical (unpaired) electrons. The van der Waals surface area contributed by atoms with E-state index in [-0.39, 0.29) is 5.92 Å². The Hall–Kier alpha value is -1.78. The second-order valence-electron chi connectivity index (χ2n) is 4.53. The lowest BCUT2D eigenvalue weighted by Crippen LogP contribution is -2.20. The Morgan fingerprint density at radius 2 is 2.16 bits per heavy atom. The number of rotatable bonds is 5. The molecule has 102 valence electrons. The highest BCUT2D eigenvalue weighted by Gasteiger charge is 2.25. The first-order valence-corrected chi connectivity index (χ1v) is 6.23. The number of ether oxygens (including phenoxy) is 1. The van der Waals surface area contributed by atoms with Crippen molar-refractivity contribution in [3.05, 3.63) is 53.5 Å². The first-order valence-electron chi connectivity index (χ1n) is 6.23. The van der Waals surface area contributed by atoms with E-state index in [1.165, 1.54) is 0 Å². The summed E-state index contributed by atoms with van der Waals surface area (Å²) in [5.74, 6) is 1.09. The Morgan fingerprint density at radius 3 is 2.74 bits per heavy atom. The average molecular weight is 261 g/mol. The summed E-state index contributed by atoms with van der Waals surface area (Å²) in [6.45, 7) is 2.23. The van der Waals surface area contributed by atoms with Crippen molar-refractivity contribution >= 4 is 0 Å². The summed E-state index contributed by atoms with van der Waals surface area (Å²) in [5, 5.41) is 10.5. The van der Waals surface area contributed by atoms with Crippen LogP contribution in [-0.2, 0) is 0 Å². The van der Waals surface area contributed by atoms with Gasteiger partial charge in [0.2, 0.25) is 0 Å². The van der Waals surface area contributed by atoms with Crippen LogP contribution in [0.25, 0.3) is 0 Å². The molecule has 0 amide bonds. The van der Waals surface area contributed by atoms with E-state index < -0.39 is 6.10 Å². The standard InChI is InChI=1S/C15H19NO3/c1-10-6-7-19-15(10)14(17)13(9-16)11-4-3-5-12(8-11)18-2/h3-8,13-14,17H,9,16H2,1-2H3. The number of nitrogens with two attached hydrogens (primary N) is 1. The maximum atomic E-state index is 10.5. The molecule has 0 aliphatic carbocycles. The molecular weight excluding hydrogens is 242 g/mol. The van der Waals surface area contributed by atoms with Crippen molar-refractivity contribution in [1.82, 2.24) is 0 Å². The number of aryl methyl sites for hydroxylation is 1. The highest BCUT2D eigenvalue weighted by molar-refractivity contribution is 5.33. The third-order valence-electron chi connectivity index (χ3n) is 3.33. The Kier molecular flexibility index (Phi) is 4.24. The van der Waals surface area contributed by atoms with Gasteiger partial charge in [-0.1, -0.05) is 12.1 Å². The van der Waals surface area contributed by atoms with Gasteiger partial charge in [0.15, 0.2) is 0 Å². The maximum Gasteiger partial charge on any atom is 0.135 e. The molecular formula is C15H19NO3. The molecule has 1 heterocycles. The van der Waals surface area contributed by atoms with Crippen molar-refractivity contribution in [2.45, 2.75) is 18.9 Å². The minimum absolute atomic E-state index is 0.222. The quantitative estimate of drug-likeness (QED) is 0.867. The van der Waals surface area contributed by atoms with Gasteiger partial charge < -0.3 is 20.0 Å². The van der Waals surface area contributed by atoms with Crippen LogP contribution < -0.4 is 10.5 Å². The summed E-state index contributed by atoms with van der Waals surface area (Å²) < 4.78 is 10.5. The number of aliphatic hydroxyl groups excluding tert-OH is 1. The number of furan rings is 1. The van der Waals surface area contributed by atoms with E-state index in [2.05, 4.69) is 0 Å². The van der Waals surface area contributed by atoms with Gasteiger partial charge in [-0.05, 0) is 36.2 Å². The minimum Gasteiger partial charge on any atom is -0.497 e. The first kappa shape index (κ1) is 13.6. The van der Waals surface area contributed by atoms with Crippen molar-refractivity contribution < 1.29 is 14.3 Å². The van der Waals surface area contributed by atoms with Crippen LogP contribution >= 0.6 is 0 Å². The van der Waals surface area contributed by atoms with Crippen LogP contribution in [0.2, 0.25) is 0 Å². The summed E-state index contributed by atoms with van der Waals surface area (Å²) in [6, 6.07) is 9.40. The molecule has 2 rings (SSSR count). The lowest BCUT2D eigenvalue weighted by Gasteiger charge is -2.21. The van der Waals surface area contributed by atoms with E-state index in [0.29, 0.717) is 12.3 Å². The zero-order valence-electron chi connectivity index (χ0n) is 11.2. The van der Waals surface area contributed by atoms with Gasteiger partial charge in [-0.25, -0.2) is 0 Å². The smallest absolute Gasteiger partial charge is 0.135 e. The summed E-state index contributed by atoms with van der Waals surface area (Å²) in [4.78, 5) is 0. The zero-order chi connectivity index (χ0) is 13.8. The molecule has 0 saturated carbocycles. The third-order valence-corrected chi connectivity index (χ3v) is 3.33. The van der Waals surface area contributed by atoms with E-state index in [0.717, 1.165) is 16.9 Å². The predicted octanol–water partition coefficient (Wildman–Crippen LogP) is 2.37.